The van der Waals surface area contributed by atoms with E-state index in [1.165, 1.54) is 31.4 Å². The van der Waals surface area contributed by atoms with Crippen molar-refractivity contribution in [2.75, 3.05) is 12.4 Å². The zero-order chi connectivity index (χ0) is 26.7. The number of rotatable bonds is 10. The first kappa shape index (κ1) is 27.4. The molecule has 2 aromatic carbocycles. The van der Waals surface area contributed by atoms with Crippen LogP contribution in [0.25, 0.3) is 11.0 Å². The standard InChI is InChI=1S/C27H34F3N3O3/c1-7-20(16-26(4,5)8-2)33-23-13-17(3)18(15-24(34)35-6)14-22(23)32-25(33)31-19-9-11-21(12-10-19)36-27(28,29)30/h9-14,20H,7-8,15-16H2,1-6H3,(H,31,32)/t20-/m1/s1. The van der Waals surface area contributed by atoms with Crippen molar-refractivity contribution < 1.29 is 27.4 Å². The fourth-order valence-corrected chi connectivity index (χ4v) is 4.23. The highest BCUT2D eigenvalue weighted by atomic mass is 19.4. The molecule has 36 heavy (non-hydrogen) atoms. The van der Waals surface area contributed by atoms with E-state index in [0.717, 1.165) is 41.4 Å². The minimum Gasteiger partial charge on any atom is -0.469 e. The first-order valence-corrected chi connectivity index (χ1v) is 12.1. The van der Waals surface area contributed by atoms with E-state index in [4.69, 9.17) is 9.72 Å². The Bertz CT molecular complexity index is 1200. The number of carbonyl (C=O) groups is 1. The number of nitrogens with one attached hydrogen (secondary N) is 1. The number of nitrogens with zero attached hydrogens (tertiary/aromatic N) is 2. The predicted molar refractivity (Wildman–Crippen MR) is 135 cm³/mol. The molecule has 3 aromatic rings. The van der Waals surface area contributed by atoms with Gasteiger partial charge in [-0.05, 0) is 72.7 Å². The zero-order valence-electron chi connectivity index (χ0n) is 21.6. The molecule has 1 N–H and O–H groups in total. The molecule has 1 atom stereocenters. The Morgan fingerprint density at radius 2 is 1.81 bits per heavy atom. The molecule has 6 nitrogen and oxygen atoms in total. The molecule has 0 spiro atoms. The van der Waals surface area contributed by atoms with Gasteiger partial charge < -0.3 is 19.4 Å². The predicted octanol–water partition coefficient (Wildman–Crippen LogP) is 7.48. The molecule has 0 fully saturated rings. The van der Waals surface area contributed by atoms with E-state index in [-0.39, 0.29) is 29.6 Å². The maximum absolute atomic E-state index is 12.5. The minimum absolute atomic E-state index is 0.102. The number of aryl methyl sites for hydroxylation is 1. The molecule has 196 valence electrons. The summed E-state index contributed by atoms with van der Waals surface area (Å²) in [6.45, 7) is 10.7. The highest BCUT2D eigenvalue weighted by molar-refractivity contribution is 5.83. The van der Waals surface area contributed by atoms with E-state index in [0.29, 0.717) is 11.6 Å². The molecule has 0 radical (unpaired) electrons. The molecule has 1 heterocycles. The average molecular weight is 506 g/mol. The first-order chi connectivity index (χ1) is 16.9. The van der Waals surface area contributed by atoms with Gasteiger partial charge in [0.25, 0.3) is 0 Å². The number of benzene rings is 2. The van der Waals surface area contributed by atoms with E-state index >= 15 is 0 Å². The van der Waals surface area contributed by atoms with Crippen LogP contribution in [-0.2, 0) is 16.0 Å². The molecular formula is C27H34F3N3O3. The maximum Gasteiger partial charge on any atom is 0.573 e. The Balaban J connectivity index is 2.07. The monoisotopic (exact) mass is 505 g/mol. The van der Waals surface area contributed by atoms with Gasteiger partial charge in [-0.15, -0.1) is 13.2 Å². The van der Waals surface area contributed by atoms with Gasteiger partial charge in [0.15, 0.2) is 0 Å². The summed E-state index contributed by atoms with van der Waals surface area (Å²) in [5.74, 6) is -0.0313. The fourth-order valence-electron chi connectivity index (χ4n) is 4.23. The molecule has 0 bridgehead atoms. The van der Waals surface area contributed by atoms with Crippen LogP contribution < -0.4 is 10.1 Å². The van der Waals surface area contributed by atoms with Gasteiger partial charge in [-0.3, -0.25) is 4.79 Å². The summed E-state index contributed by atoms with van der Waals surface area (Å²) in [6, 6.07) is 9.64. The molecule has 0 amide bonds. The van der Waals surface area contributed by atoms with Gasteiger partial charge in [0.2, 0.25) is 5.95 Å². The van der Waals surface area contributed by atoms with Gasteiger partial charge in [-0.2, -0.15) is 0 Å². The fraction of sp³-hybridized carbons (Fsp3) is 0.481. The molecular weight excluding hydrogens is 471 g/mol. The van der Waals surface area contributed by atoms with E-state index in [1.54, 1.807) is 0 Å². The minimum atomic E-state index is -4.75. The Labute approximate surface area is 209 Å². The number of hydrogen-bond acceptors (Lipinski definition) is 5. The second kappa shape index (κ2) is 10.8. The second-order valence-corrected chi connectivity index (χ2v) is 9.81. The lowest BCUT2D eigenvalue weighted by Gasteiger charge is -2.30. The van der Waals surface area contributed by atoms with E-state index in [9.17, 15) is 18.0 Å². The van der Waals surface area contributed by atoms with Crippen molar-refractivity contribution in [2.24, 2.45) is 5.41 Å². The molecule has 0 unspecified atom stereocenters. The third-order valence-electron chi connectivity index (χ3n) is 6.64. The van der Waals surface area contributed by atoms with Crippen LogP contribution in [0.4, 0.5) is 24.8 Å². The quantitative estimate of drug-likeness (QED) is 0.289. The highest BCUT2D eigenvalue weighted by Crippen LogP contribution is 2.38. The molecule has 1 aromatic heterocycles. The normalized spacial score (nSPS) is 13.0. The zero-order valence-corrected chi connectivity index (χ0v) is 21.6. The van der Waals surface area contributed by atoms with E-state index in [2.05, 4.69) is 42.3 Å². The SMILES string of the molecule is CC[C@H](CC(C)(C)CC)n1c(Nc2ccc(OC(F)(F)F)cc2)nc2cc(CC(=O)OC)c(C)cc21. The van der Waals surface area contributed by atoms with Crippen molar-refractivity contribution in [1.82, 2.24) is 9.55 Å². The van der Waals surface area contributed by atoms with Gasteiger partial charge in [0.05, 0.1) is 24.6 Å². The average Bonchev–Trinajstić information content (AvgIpc) is 3.14. The molecule has 0 saturated heterocycles. The van der Waals surface area contributed by atoms with Crippen LogP contribution >= 0.6 is 0 Å². The Morgan fingerprint density at radius 1 is 1.14 bits per heavy atom. The lowest BCUT2D eigenvalue weighted by Crippen LogP contribution is -2.20. The summed E-state index contributed by atoms with van der Waals surface area (Å²) in [4.78, 5) is 16.7. The third-order valence-corrected chi connectivity index (χ3v) is 6.64. The largest absolute Gasteiger partial charge is 0.573 e. The van der Waals surface area contributed by atoms with Gasteiger partial charge in [-0.1, -0.05) is 34.1 Å². The Morgan fingerprint density at radius 3 is 2.36 bits per heavy atom. The van der Waals surface area contributed by atoms with Crippen molar-refractivity contribution in [3.63, 3.8) is 0 Å². The summed E-state index contributed by atoms with van der Waals surface area (Å²) in [5.41, 5.74) is 4.13. The summed E-state index contributed by atoms with van der Waals surface area (Å²) < 4.78 is 48.6. The number of carbonyl (C=O) groups excluding carboxylic acids is 1. The summed E-state index contributed by atoms with van der Waals surface area (Å²) >= 11 is 0. The number of esters is 1. The van der Waals surface area contributed by atoms with Crippen molar-refractivity contribution in [3.05, 3.63) is 47.5 Å². The number of imidazole rings is 1. The smallest absolute Gasteiger partial charge is 0.469 e. The molecule has 9 heteroatoms. The number of anilines is 2. The number of methoxy groups -OCH3 is 1. The third kappa shape index (κ3) is 6.71. The van der Waals surface area contributed by atoms with Crippen LogP contribution in [0.1, 0.15) is 64.1 Å². The molecule has 0 aliphatic rings. The van der Waals surface area contributed by atoms with Crippen molar-refractivity contribution in [1.29, 1.82) is 0 Å². The van der Waals surface area contributed by atoms with Crippen LogP contribution in [0.15, 0.2) is 36.4 Å². The lowest BCUT2D eigenvalue weighted by molar-refractivity contribution is -0.274. The van der Waals surface area contributed by atoms with Gasteiger partial charge in [-0.25, -0.2) is 4.98 Å². The first-order valence-electron chi connectivity index (χ1n) is 12.1. The number of hydrogen-bond donors (Lipinski definition) is 1. The number of fused-ring (bicyclic) bond motifs is 1. The number of alkyl halides is 3. The van der Waals surface area contributed by atoms with Crippen LogP contribution in [0, 0.1) is 12.3 Å². The lowest BCUT2D eigenvalue weighted by atomic mass is 9.82. The van der Waals surface area contributed by atoms with Crippen molar-refractivity contribution >= 4 is 28.6 Å². The summed E-state index contributed by atoms with van der Waals surface area (Å²) in [5, 5.41) is 3.28. The van der Waals surface area contributed by atoms with Gasteiger partial charge in [0.1, 0.15) is 5.75 Å². The summed E-state index contributed by atoms with van der Waals surface area (Å²) in [6.07, 6.45) is -1.80. The summed E-state index contributed by atoms with van der Waals surface area (Å²) in [7, 11) is 1.36. The van der Waals surface area contributed by atoms with Crippen LogP contribution in [0.2, 0.25) is 0 Å². The second-order valence-electron chi connectivity index (χ2n) is 9.81. The van der Waals surface area contributed by atoms with E-state index < -0.39 is 6.36 Å². The number of ether oxygens (including phenoxy) is 2. The van der Waals surface area contributed by atoms with E-state index in [1.807, 2.05) is 19.1 Å². The molecule has 0 aliphatic carbocycles. The van der Waals surface area contributed by atoms with Crippen LogP contribution in [0.3, 0.4) is 0 Å². The Kier molecular flexibility index (Phi) is 8.21. The highest BCUT2D eigenvalue weighted by Gasteiger charge is 2.31. The van der Waals surface area contributed by atoms with Crippen molar-refractivity contribution in [2.45, 2.75) is 72.7 Å². The van der Waals surface area contributed by atoms with Gasteiger partial charge >= 0.3 is 12.3 Å². The Hall–Kier alpha value is -3.23. The van der Waals surface area contributed by atoms with Crippen molar-refractivity contribution in [3.8, 4) is 5.75 Å². The molecule has 3 rings (SSSR count). The van der Waals surface area contributed by atoms with Crippen LogP contribution in [0.5, 0.6) is 5.75 Å². The number of halogens is 3. The molecule has 0 saturated carbocycles. The van der Waals surface area contributed by atoms with Gasteiger partial charge in [0, 0.05) is 11.7 Å². The van der Waals surface area contributed by atoms with Crippen LogP contribution in [-0.4, -0.2) is 29.0 Å². The number of aromatic nitrogens is 2. The topological polar surface area (TPSA) is 65.4 Å². The molecule has 0 aliphatic heterocycles. The maximum atomic E-state index is 12.5.